The zero-order chi connectivity index (χ0) is 29.5. The number of aryl methyl sites for hydroxylation is 1. The lowest BCUT2D eigenvalue weighted by Crippen LogP contribution is -2.38. The molecule has 3 heterocycles. The van der Waals surface area contributed by atoms with E-state index in [1.807, 2.05) is 25.1 Å². The fourth-order valence-corrected chi connectivity index (χ4v) is 6.77. The molecule has 2 fully saturated rings. The fourth-order valence-electron chi connectivity index (χ4n) is 6.77. The second kappa shape index (κ2) is 11.3. The van der Waals surface area contributed by atoms with Crippen molar-refractivity contribution in [1.82, 2.24) is 19.7 Å². The molecule has 2 aliphatic carbocycles. The van der Waals surface area contributed by atoms with E-state index in [-0.39, 0.29) is 6.04 Å². The molecule has 43 heavy (non-hydrogen) atoms. The van der Waals surface area contributed by atoms with Crippen LogP contribution in [0.25, 0.3) is 17.1 Å². The summed E-state index contributed by atoms with van der Waals surface area (Å²) in [5, 5.41) is 8.22. The van der Waals surface area contributed by atoms with E-state index in [1.54, 1.807) is 4.68 Å². The quantitative estimate of drug-likeness (QED) is 0.262. The van der Waals surface area contributed by atoms with E-state index in [4.69, 9.17) is 9.72 Å². The van der Waals surface area contributed by atoms with Crippen LogP contribution in [0.2, 0.25) is 0 Å². The normalized spacial score (nSPS) is 18.4. The highest BCUT2D eigenvalue weighted by Gasteiger charge is 2.35. The number of pyridine rings is 1. The van der Waals surface area contributed by atoms with Crippen LogP contribution in [0.1, 0.15) is 76.8 Å². The van der Waals surface area contributed by atoms with Crippen LogP contribution in [0.4, 0.5) is 5.69 Å². The summed E-state index contributed by atoms with van der Waals surface area (Å²) >= 11 is 0. The van der Waals surface area contributed by atoms with Gasteiger partial charge in [-0.2, -0.15) is 5.10 Å². The molecule has 3 aliphatic rings. The van der Waals surface area contributed by atoms with Crippen LogP contribution in [-0.2, 0) is 16.0 Å². The molecule has 1 saturated heterocycles. The number of carbonyl (C=O) groups excluding carboxylic acids is 2. The van der Waals surface area contributed by atoms with Crippen LogP contribution in [0, 0.1) is 12.8 Å². The maximum absolute atomic E-state index is 12.4. The Labute approximate surface area is 252 Å². The number of carbonyl (C=O) groups is 2. The Hall–Kier alpha value is -4.46. The number of benzene rings is 2. The minimum Gasteiger partial charge on any atom is -0.465 e. The number of hydrogen-bond donors (Lipinski definition) is 1. The van der Waals surface area contributed by atoms with Gasteiger partial charge in [-0.3, -0.25) is 4.79 Å². The first-order valence-corrected chi connectivity index (χ1v) is 15.4. The maximum atomic E-state index is 12.4. The number of methoxy groups -OCH3 is 1. The zero-order valence-electron chi connectivity index (χ0n) is 24.8. The molecule has 0 bridgehead atoms. The highest BCUT2D eigenvalue weighted by molar-refractivity contribution is 5.90. The molecule has 8 heteroatoms. The molecule has 1 amide bonds. The molecule has 0 spiro atoms. The topological polar surface area (TPSA) is 89.4 Å². The first kappa shape index (κ1) is 27.4. The highest BCUT2D eigenvalue weighted by atomic mass is 16.5. The van der Waals surface area contributed by atoms with Crippen LogP contribution in [0.3, 0.4) is 0 Å². The van der Waals surface area contributed by atoms with Crippen molar-refractivity contribution in [2.45, 2.75) is 57.4 Å². The molecular weight excluding hydrogens is 538 g/mol. The second-order valence-corrected chi connectivity index (χ2v) is 12.0. The number of amides is 1. The molecule has 1 aliphatic heterocycles. The SMILES string of the molecule is COC(=O)c1cnn(-c2cccc(-c3cccc4c3C(Nc3ccc(C5CCN(C(=O)C6CC6)CC5)cc3)CC4)n2)c1C. The molecule has 8 nitrogen and oxygen atoms in total. The molecule has 220 valence electrons. The van der Waals surface area contributed by atoms with Gasteiger partial charge in [-0.15, -0.1) is 0 Å². The number of aromatic nitrogens is 3. The van der Waals surface area contributed by atoms with Crippen molar-refractivity contribution in [2.75, 3.05) is 25.5 Å². The number of likely N-dealkylation sites (tertiary alicyclic amines) is 1. The van der Waals surface area contributed by atoms with E-state index in [0.29, 0.717) is 34.8 Å². The smallest absolute Gasteiger partial charge is 0.341 e. The fraction of sp³-hybridized carbons (Fsp3) is 0.371. The van der Waals surface area contributed by atoms with E-state index in [0.717, 1.165) is 68.6 Å². The first-order valence-electron chi connectivity index (χ1n) is 15.4. The molecule has 4 aromatic rings. The van der Waals surface area contributed by atoms with Crippen molar-refractivity contribution < 1.29 is 14.3 Å². The second-order valence-electron chi connectivity index (χ2n) is 12.0. The number of esters is 1. The van der Waals surface area contributed by atoms with E-state index in [9.17, 15) is 9.59 Å². The van der Waals surface area contributed by atoms with Gasteiger partial charge < -0.3 is 15.0 Å². The number of nitrogens with one attached hydrogen (secondary N) is 1. The van der Waals surface area contributed by atoms with Gasteiger partial charge in [0.15, 0.2) is 5.82 Å². The van der Waals surface area contributed by atoms with Gasteiger partial charge in [0.25, 0.3) is 0 Å². The molecule has 2 aromatic carbocycles. The van der Waals surface area contributed by atoms with Crippen LogP contribution >= 0.6 is 0 Å². The number of fused-ring (bicyclic) bond motifs is 1. The summed E-state index contributed by atoms with van der Waals surface area (Å²) in [7, 11) is 1.37. The summed E-state index contributed by atoms with van der Waals surface area (Å²) < 4.78 is 6.58. The van der Waals surface area contributed by atoms with Crippen molar-refractivity contribution in [3.05, 3.63) is 94.8 Å². The molecule has 1 atom stereocenters. The summed E-state index contributed by atoms with van der Waals surface area (Å²) in [5.74, 6) is 1.44. The average Bonchev–Trinajstić information content (AvgIpc) is 3.72. The highest BCUT2D eigenvalue weighted by Crippen LogP contribution is 2.41. The Morgan fingerprint density at radius 2 is 1.70 bits per heavy atom. The molecule has 1 N–H and O–H groups in total. The van der Waals surface area contributed by atoms with Gasteiger partial charge >= 0.3 is 5.97 Å². The predicted octanol–water partition coefficient (Wildman–Crippen LogP) is 6.24. The summed E-state index contributed by atoms with van der Waals surface area (Å²) in [6.07, 6.45) is 7.79. The molecule has 1 unspecified atom stereocenters. The van der Waals surface area contributed by atoms with Gasteiger partial charge in [0.05, 0.1) is 30.7 Å². The minimum atomic E-state index is -0.409. The number of piperidine rings is 1. The predicted molar refractivity (Wildman–Crippen MR) is 165 cm³/mol. The summed E-state index contributed by atoms with van der Waals surface area (Å²) in [5.41, 5.74) is 8.21. The molecule has 7 rings (SSSR count). The number of hydrogen-bond acceptors (Lipinski definition) is 6. The van der Waals surface area contributed by atoms with Gasteiger partial charge in [-0.25, -0.2) is 14.5 Å². The van der Waals surface area contributed by atoms with Crippen LogP contribution in [0.15, 0.2) is 66.9 Å². The minimum absolute atomic E-state index is 0.177. The Bertz CT molecular complexity index is 1670. The third-order valence-corrected chi connectivity index (χ3v) is 9.35. The third-order valence-electron chi connectivity index (χ3n) is 9.35. The van der Waals surface area contributed by atoms with E-state index in [1.165, 1.54) is 30.0 Å². The Kier molecular flexibility index (Phi) is 7.21. The van der Waals surface area contributed by atoms with E-state index >= 15 is 0 Å². The van der Waals surface area contributed by atoms with E-state index < -0.39 is 5.97 Å². The van der Waals surface area contributed by atoms with E-state index in [2.05, 4.69) is 57.8 Å². The van der Waals surface area contributed by atoms with Gasteiger partial charge in [0, 0.05) is 30.3 Å². The lowest BCUT2D eigenvalue weighted by Gasteiger charge is -2.32. The summed E-state index contributed by atoms with van der Waals surface area (Å²) in [6, 6.07) is 21.5. The van der Waals surface area contributed by atoms with Crippen molar-refractivity contribution in [3.8, 4) is 17.1 Å². The van der Waals surface area contributed by atoms with Crippen molar-refractivity contribution >= 4 is 17.6 Å². The maximum Gasteiger partial charge on any atom is 0.341 e. The van der Waals surface area contributed by atoms with Gasteiger partial charge in [0.1, 0.15) is 5.56 Å². The van der Waals surface area contributed by atoms with Crippen molar-refractivity contribution in [2.24, 2.45) is 5.92 Å². The Balaban J connectivity index is 1.08. The van der Waals surface area contributed by atoms with Crippen LogP contribution in [0.5, 0.6) is 0 Å². The average molecular weight is 576 g/mol. The summed E-state index contributed by atoms with van der Waals surface area (Å²) in [6.45, 7) is 3.60. The lowest BCUT2D eigenvalue weighted by atomic mass is 9.89. The Morgan fingerprint density at radius 3 is 2.44 bits per heavy atom. The van der Waals surface area contributed by atoms with Gasteiger partial charge in [0.2, 0.25) is 5.91 Å². The monoisotopic (exact) mass is 575 g/mol. The zero-order valence-corrected chi connectivity index (χ0v) is 24.8. The third kappa shape index (κ3) is 5.31. The summed E-state index contributed by atoms with van der Waals surface area (Å²) in [4.78, 5) is 31.6. The number of anilines is 1. The van der Waals surface area contributed by atoms with Gasteiger partial charge in [-0.1, -0.05) is 36.4 Å². The van der Waals surface area contributed by atoms with Gasteiger partial charge in [-0.05, 0) is 92.3 Å². The van der Waals surface area contributed by atoms with Crippen LogP contribution < -0.4 is 5.32 Å². The number of nitrogens with zero attached hydrogens (tertiary/aromatic N) is 4. The standard InChI is InChI=1S/C35H37N5O3/c1-22-29(35(42)43-2)21-36-40(22)32-8-4-7-30(38-32)28-6-3-5-25-13-16-31(33(25)28)37-27-14-11-23(12-15-27)24-17-19-39(20-18-24)34(41)26-9-10-26/h3-8,11-12,14-15,21,24,26,31,37H,9-10,13,16-20H2,1-2H3. The largest absolute Gasteiger partial charge is 0.465 e. The van der Waals surface area contributed by atoms with Crippen molar-refractivity contribution in [3.63, 3.8) is 0 Å². The number of ether oxygens (including phenoxy) is 1. The van der Waals surface area contributed by atoms with Crippen LogP contribution in [-0.4, -0.2) is 51.7 Å². The molecule has 0 radical (unpaired) electrons. The molecular formula is C35H37N5O3. The molecule has 1 saturated carbocycles. The Morgan fingerprint density at radius 1 is 0.930 bits per heavy atom. The number of rotatable bonds is 7. The molecule has 2 aromatic heterocycles. The first-order chi connectivity index (χ1) is 21.0. The lowest BCUT2D eigenvalue weighted by molar-refractivity contribution is -0.133. The van der Waals surface area contributed by atoms with Crippen molar-refractivity contribution in [1.29, 1.82) is 0 Å².